The van der Waals surface area contributed by atoms with Crippen molar-refractivity contribution in [3.8, 4) is 0 Å². The van der Waals surface area contributed by atoms with Crippen LogP contribution in [0.2, 0.25) is 0 Å². The second-order valence-electron chi connectivity index (χ2n) is 10.9. The quantitative estimate of drug-likeness (QED) is 0.728. The van der Waals surface area contributed by atoms with Gasteiger partial charge < -0.3 is 15.1 Å². The van der Waals surface area contributed by atoms with Gasteiger partial charge in [-0.05, 0) is 99.9 Å². The smallest absolute Gasteiger partial charge is 0.253 e. The molecule has 0 spiro atoms. The molecule has 1 aromatic rings. The van der Waals surface area contributed by atoms with Gasteiger partial charge in [0.2, 0.25) is 5.91 Å². The van der Waals surface area contributed by atoms with Gasteiger partial charge in [-0.25, -0.2) is 0 Å². The lowest BCUT2D eigenvalue weighted by Crippen LogP contribution is -2.53. The summed E-state index contributed by atoms with van der Waals surface area (Å²) < 4.78 is 0. The van der Waals surface area contributed by atoms with Crippen LogP contribution in [0.4, 0.5) is 0 Å². The summed E-state index contributed by atoms with van der Waals surface area (Å²) in [4.78, 5) is 30.1. The number of hydrogen-bond acceptors (Lipinski definition) is 3. The lowest BCUT2D eigenvalue weighted by molar-refractivity contribution is -0.146. The Labute approximate surface area is 186 Å². The standard InChI is InChI=1S/C26H37N3O2/c1-28(10-11-29-8-2-3-9-29)24(30)23-6-4-19(5-7-23)18-27-25(31)26-15-20-12-21(16-26)14-22(13-20)17-26/h4-7,20-22H,2-3,8-18H2,1H3,(H,27,31). The summed E-state index contributed by atoms with van der Waals surface area (Å²) in [5, 5.41) is 3.24. The molecular weight excluding hydrogens is 386 g/mol. The van der Waals surface area contributed by atoms with E-state index >= 15 is 0 Å². The van der Waals surface area contributed by atoms with Crippen LogP contribution in [0.1, 0.15) is 67.3 Å². The first-order chi connectivity index (χ1) is 15.0. The molecule has 168 valence electrons. The Morgan fingerprint density at radius 3 is 2.16 bits per heavy atom. The molecule has 31 heavy (non-hydrogen) atoms. The third-order valence-corrected chi connectivity index (χ3v) is 8.47. The predicted molar refractivity (Wildman–Crippen MR) is 122 cm³/mol. The van der Waals surface area contributed by atoms with E-state index < -0.39 is 0 Å². The number of likely N-dealkylation sites (tertiary alicyclic amines) is 1. The fourth-order valence-corrected chi connectivity index (χ4v) is 7.14. The predicted octanol–water partition coefficient (Wildman–Crippen LogP) is 3.69. The number of likely N-dealkylation sites (N-methyl/N-ethyl adjacent to an activating group) is 1. The van der Waals surface area contributed by atoms with E-state index in [9.17, 15) is 9.59 Å². The van der Waals surface area contributed by atoms with Crippen LogP contribution in [-0.2, 0) is 11.3 Å². The highest BCUT2D eigenvalue weighted by Crippen LogP contribution is 2.60. The van der Waals surface area contributed by atoms with E-state index in [1.165, 1.54) is 32.1 Å². The van der Waals surface area contributed by atoms with Crippen LogP contribution in [0.25, 0.3) is 0 Å². The first-order valence-corrected chi connectivity index (χ1v) is 12.4. The Morgan fingerprint density at radius 2 is 1.58 bits per heavy atom. The summed E-state index contributed by atoms with van der Waals surface area (Å²) in [5.74, 6) is 2.69. The van der Waals surface area contributed by atoms with E-state index in [0.717, 1.165) is 74.3 Å². The Morgan fingerprint density at radius 1 is 1.00 bits per heavy atom. The number of carbonyl (C=O) groups is 2. The van der Waals surface area contributed by atoms with Crippen LogP contribution >= 0.6 is 0 Å². The van der Waals surface area contributed by atoms with Gasteiger partial charge in [-0.2, -0.15) is 0 Å². The number of benzene rings is 1. The zero-order valence-electron chi connectivity index (χ0n) is 18.9. The van der Waals surface area contributed by atoms with Crippen LogP contribution in [0, 0.1) is 23.2 Å². The van der Waals surface area contributed by atoms with Gasteiger partial charge in [0.15, 0.2) is 0 Å². The van der Waals surface area contributed by atoms with E-state index in [1.54, 1.807) is 0 Å². The van der Waals surface area contributed by atoms with Crippen molar-refractivity contribution in [3.63, 3.8) is 0 Å². The van der Waals surface area contributed by atoms with E-state index in [-0.39, 0.29) is 17.2 Å². The third-order valence-electron chi connectivity index (χ3n) is 8.47. The molecule has 5 heteroatoms. The lowest BCUT2D eigenvalue weighted by Gasteiger charge is -2.55. The second kappa shape index (κ2) is 8.57. The monoisotopic (exact) mass is 423 g/mol. The van der Waals surface area contributed by atoms with E-state index in [2.05, 4.69) is 10.2 Å². The average Bonchev–Trinajstić information content (AvgIpc) is 3.28. The number of rotatable bonds is 7. The third kappa shape index (κ3) is 4.39. The molecule has 5 aliphatic rings. The van der Waals surface area contributed by atoms with Gasteiger partial charge in [0.25, 0.3) is 5.91 Å². The zero-order chi connectivity index (χ0) is 21.4. The molecule has 4 saturated carbocycles. The van der Waals surface area contributed by atoms with Gasteiger partial charge >= 0.3 is 0 Å². The van der Waals surface area contributed by atoms with Crippen molar-refractivity contribution >= 4 is 11.8 Å². The van der Waals surface area contributed by atoms with Crippen molar-refractivity contribution in [1.82, 2.24) is 15.1 Å². The van der Waals surface area contributed by atoms with Crippen molar-refractivity contribution in [2.45, 2.75) is 57.9 Å². The van der Waals surface area contributed by atoms with Crippen molar-refractivity contribution in [2.75, 3.05) is 33.2 Å². The average molecular weight is 424 g/mol. The molecule has 4 bridgehead atoms. The minimum Gasteiger partial charge on any atom is -0.352 e. The van der Waals surface area contributed by atoms with Gasteiger partial charge in [-0.1, -0.05) is 12.1 Å². The summed E-state index contributed by atoms with van der Waals surface area (Å²) in [5.41, 5.74) is 1.69. The van der Waals surface area contributed by atoms with Crippen molar-refractivity contribution < 1.29 is 9.59 Å². The van der Waals surface area contributed by atoms with Crippen molar-refractivity contribution in [1.29, 1.82) is 0 Å². The minimum absolute atomic E-state index is 0.0725. The van der Waals surface area contributed by atoms with Gasteiger partial charge in [-0.15, -0.1) is 0 Å². The normalized spacial score (nSPS) is 31.7. The van der Waals surface area contributed by atoms with Gasteiger partial charge in [0, 0.05) is 37.7 Å². The number of hydrogen-bond donors (Lipinski definition) is 1. The summed E-state index contributed by atoms with van der Waals surface area (Å²) in [6, 6.07) is 7.78. The molecule has 0 radical (unpaired) electrons. The molecule has 2 amide bonds. The maximum Gasteiger partial charge on any atom is 0.253 e. The molecular formula is C26H37N3O2. The van der Waals surface area contributed by atoms with E-state index in [1.807, 2.05) is 36.2 Å². The Bertz CT molecular complexity index is 777. The minimum atomic E-state index is -0.0945. The zero-order valence-corrected chi connectivity index (χ0v) is 18.9. The van der Waals surface area contributed by atoms with Crippen LogP contribution in [0.5, 0.6) is 0 Å². The topological polar surface area (TPSA) is 52.6 Å². The van der Waals surface area contributed by atoms with Crippen LogP contribution in [0.15, 0.2) is 24.3 Å². The molecule has 5 nitrogen and oxygen atoms in total. The van der Waals surface area contributed by atoms with Gasteiger partial charge in [-0.3, -0.25) is 9.59 Å². The molecule has 1 N–H and O–H groups in total. The van der Waals surface area contributed by atoms with Crippen LogP contribution in [-0.4, -0.2) is 54.8 Å². The maximum atomic E-state index is 13.1. The lowest BCUT2D eigenvalue weighted by atomic mass is 9.49. The fraction of sp³-hybridized carbons (Fsp3) is 0.692. The second-order valence-corrected chi connectivity index (χ2v) is 10.9. The largest absolute Gasteiger partial charge is 0.352 e. The number of amides is 2. The molecule has 1 saturated heterocycles. The van der Waals surface area contributed by atoms with Crippen LogP contribution in [0.3, 0.4) is 0 Å². The maximum absolute atomic E-state index is 13.1. The SMILES string of the molecule is CN(CCN1CCCC1)C(=O)c1ccc(CNC(=O)C23CC4CC(CC(C4)C2)C3)cc1. The van der Waals surface area contributed by atoms with Crippen molar-refractivity contribution in [3.05, 3.63) is 35.4 Å². The number of nitrogens with zero attached hydrogens (tertiary/aromatic N) is 2. The molecule has 0 aromatic heterocycles. The summed E-state index contributed by atoms with van der Waals surface area (Å²) in [6.07, 6.45) is 9.92. The highest BCUT2D eigenvalue weighted by atomic mass is 16.2. The van der Waals surface area contributed by atoms with Crippen LogP contribution < -0.4 is 5.32 Å². The Hall–Kier alpha value is -1.88. The van der Waals surface area contributed by atoms with Gasteiger partial charge in [0.1, 0.15) is 0 Å². The summed E-state index contributed by atoms with van der Waals surface area (Å²) in [7, 11) is 1.89. The molecule has 1 aliphatic heterocycles. The summed E-state index contributed by atoms with van der Waals surface area (Å²) in [6.45, 7) is 4.59. The first kappa shape index (κ1) is 21.0. The van der Waals surface area contributed by atoms with E-state index in [0.29, 0.717) is 6.54 Å². The number of carbonyl (C=O) groups excluding carboxylic acids is 2. The molecule has 1 aromatic carbocycles. The van der Waals surface area contributed by atoms with Gasteiger partial charge in [0.05, 0.1) is 0 Å². The van der Waals surface area contributed by atoms with Crippen molar-refractivity contribution in [2.24, 2.45) is 23.2 Å². The Balaban J connectivity index is 1.12. The molecule has 1 heterocycles. The molecule has 4 aliphatic carbocycles. The molecule has 0 atom stereocenters. The summed E-state index contributed by atoms with van der Waals surface area (Å²) >= 11 is 0. The highest BCUT2D eigenvalue weighted by Gasteiger charge is 2.54. The molecule has 6 rings (SSSR count). The highest BCUT2D eigenvalue weighted by molar-refractivity contribution is 5.94. The molecule has 0 unspecified atom stereocenters. The Kier molecular flexibility index (Phi) is 5.80. The molecule has 5 fully saturated rings. The first-order valence-electron chi connectivity index (χ1n) is 12.4. The number of nitrogens with one attached hydrogen (secondary N) is 1. The fourth-order valence-electron chi connectivity index (χ4n) is 7.14. The van der Waals surface area contributed by atoms with E-state index in [4.69, 9.17) is 0 Å².